The van der Waals surface area contributed by atoms with Gasteiger partial charge in [0.2, 0.25) is 0 Å². The van der Waals surface area contributed by atoms with Crippen LogP contribution in [0.1, 0.15) is 45.3 Å². The smallest absolute Gasteiger partial charge is 0.191 e. The summed E-state index contributed by atoms with van der Waals surface area (Å²) in [6.07, 6.45) is 3.64. The third-order valence-corrected chi connectivity index (χ3v) is 6.19. The summed E-state index contributed by atoms with van der Waals surface area (Å²) >= 11 is 1.87. The van der Waals surface area contributed by atoms with Crippen molar-refractivity contribution in [3.8, 4) is 5.75 Å². The van der Waals surface area contributed by atoms with E-state index in [1.54, 1.807) is 0 Å². The summed E-state index contributed by atoms with van der Waals surface area (Å²) in [5, 5.41) is 17.1. The minimum Gasteiger partial charge on any atom is -0.491 e. The van der Waals surface area contributed by atoms with Gasteiger partial charge < -0.3 is 25.2 Å². The van der Waals surface area contributed by atoms with E-state index in [2.05, 4.69) is 16.9 Å². The third kappa shape index (κ3) is 7.18. The van der Waals surface area contributed by atoms with Crippen LogP contribution < -0.4 is 15.4 Å². The molecule has 1 aliphatic heterocycles. The average Bonchev–Trinajstić information content (AvgIpc) is 2.70. The molecule has 1 saturated heterocycles. The van der Waals surface area contributed by atoms with E-state index < -0.39 is 6.10 Å². The van der Waals surface area contributed by atoms with Crippen LogP contribution in [0, 0.1) is 0 Å². The molecule has 0 aliphatic carbocycles. The molecule has 158 valence electrons. The van der Waals surface area contributed by atoms with E-state index in [9.17, 15) is 5.11 Å². The van der Waals surface area contributed by atoms with Crippen molar-refractivity contribution in [3.05, 3.63) is 29.8 Å². The fraction of sp³-hybridized carbons (Fsp3) is 0.667. The molecular formula is C21H35N3O3S. The van der Waals surface area contributed by atoms with E-state index in [0.717, 1.165) is 56.4 Å². The first-order valence-corrected chi connectivity index (χ1v) is 11.3. The summed E-state index contributed by atoms with van der Waals surface area (Å²) < 4.78 is 11.4. The number of nitrogens with one attached hydrogen (secondary N) is 2. The molecule has 0 spiro atoms. The van der Waals surface area contributed by atoms with Gasteiger partial charge in [0.05, 0.1) is 18.8 Å². The van der Waals surface area contributed by atoms with Gasteiger partial charge in [-0.05, 0) is 57.6 Å². The zero-order valence-electron chi connectivity index (χ0n) is 17.5. The highest BCUT2D eigenvalue weighted by molar-refractivity contribution is 8.00. The predicted octanol–water partition coefficient (Wildman–Crippen LogP) is 2.97. The van der Waals surface area contributed by atoms with E-state index in [1.807, 2.05) is 56.8 Å². The fourth-order valence-corrected chi connectivity index (χ4v) is 3.88. The van der Waals surface area contributed by atoms with Crippen LogP contribution >= 0.6 is 11.8 Å². The summed E-state index contributed by atoms with van der Waals surface area (Å²) in [6.45, 7) is 9.51. The number of benzene rings is 1. The minimum atomic E-state index is -0.642. The van der Waals surface area contributed by atoms with Crippen molar-refractivity contribution in [1.29, 1.82) is 0 Å². The van der Waals surface area contributed by atoms with Crippen molar-refractivity contribution in [2.75, 3.05) is 39.1 Å². The third-order valence-electron chi connectivity index (χ3n) is 4.78. The Labute approximate surface area is 173 Å². The highest BCUT2D eigenvalue weighted by atomic mass is 32.2. The van der Waals surface area contributed by atoms with Gasteiger partial charge in [0.1, 0.15) is 5.75 Å². The zero-order chi connectivity index (χ0) is 20.4. The molecule has 1 aliphatic rings. The Kier molecular flexibility index (Phi) is 9.41. The molecule has 0 amide bonds. The van der Waals surface area contributed by atoms with Gasteiger partial charge in [-0.25, -0.2) is 0 Å². The van der Waals surface area contributed by atoms with Gasteiger partial charge in [-0.2, -0.15) is 11.8 Å². The second-order valence-electron chi connectivity index (χ2n) is 7.33. The van der Waals surface area contributed by atoms with E-state index in [-0.39, 0.29) is 10.9 Å². The maximum atomic E-state index is 10.6. The quantitative estimate of drug-likeness (QED) is 0.430. The fourth-order valence-electron chi connectivity index (χ4n) is 3.11. The van der Waals surface area contributed by atoms with Gasteiger partial charge in [0.25, 0.3) is 0 Å². The van der Waals surface area contributed by atoms with Crippen LogP contribution in [0.25, 0.3) is 0 Å². The number of thioether (sulfide) groups is 1. The Bertz CT molecular complexity index is 619. The SMILES string of the molecule is CCNC(=NCC1(SC)CCOCC1)NCC(O)c1cccc(OC(C)C)c1. The Morgan fingerprint density at radius 2 is 2.07 bits per heavy atom. The number of rotatable bonds is 9. The molecule has 1 unspecified atom stereocenters. The van der Waals surface area contributed by atoms with Crippen LogP contribution in [0.4, 0.5) is 0 Å². The van der Waals surface area contributed by atoms with Crippen LogP contribution in [0.5, 0.6) is 5.75 Å². The second-order valence-corrected chi connectivity index (χ2v) is 8.60. The van der Waals surface area contributed by atoms with Crippen molar-refractivity contribution < 1.29 is 14.6 Å². The van der Waals surface area contributed by atoms with Crippen LogP contribution in [0.15, 0.2) is 29.3 Å². The Hall–Kier alpha value is -1.44. The molecule has 7 heteroatoms. The summed E-state index contributed by atoms with van der Waals surface area (Å²) in [5.41, 5.74) is 0.825. The van der Waals surface area contributed by atoms with Gasteiger partial charge in [-0.15, -0.1) is 0 Å². The number of guanidine groups is 1. The van der Waals surface area contributed by atoms with Crippen LogP contribution in [-0.4, -0.2) is 61.0 Å². The number of hydrogen-bond acceptors (Lipinski definition) is 5. The highest BCUT2D eigenvalue weighted by Gasteiger charge is 2.31. The summed E-state index contributed by atoms with van der Waals surface area (Å²) in [6, 6.07) is 7.61. The molecule has 28 heavy (non-hydrogen) atoms. The number of aliphatic hydroxyl groups is 1. The average molecular weight is 410 g/mol. The normalized spacial score (nSPS) is 18.0. The summed E-state index contributed by atoms with van der Waals surface area (Å²) in [7, 11) is 0. The molecule has 1 atom stereocenters. The highest BCUT2D eigenvalue weighted by Crippen LogP contribution is 2.34. The first kappa shape index (κ1) is 22.8. The van der Waals surface area contributed by atoms with Crippen LogP contribution in [-0.2, 0) is 4.74 Å². The zero-order valence-corrected chi connectivity index (χ0v) is 18.3. The number of nitrogens with zero attached hydrogens (tertiary/aromatic N) is 1. The molecule has 1 fully saturated rings. The second kappa shape index (κ2) is 11.5. The molecule has 3 N–H and O–H groups in total. The maximum absolute atomic E-state index is 10.6. The van der Waals surface area contributed by atoms with Crippen molar-refractivity contribution >= 4 is 17.7 Å². The van der Waals surface area contributed by atoms with Gasteiger partial charge >= 0.3 is 0 Å². The molecular weight excluding hydrogens is 374 g/mol. The molecule has 0 radical (unpaired) electrons. The maximum Gasteiger partial charge on any atom is 0.191 e. The van der Waals surface area contributed by atoms with Gasteiger partial charge in [0.15, 0.2) is 5.96 Å². The van der Waals surface area contributed by atoms with Gasteiger partial charge in [-0.3, -0.25) is 4.99 Å². The molecule has 0 saturated carbocycles. The van der Waals surface area contributed by atoms with Gasteiger partial charge in [0, 0.05) is 31.1 Å². The van der Waals surface area contributed by atoms with E-state index in [1.165, 1.54) is 0 Å². The molecule has 1 aromatic carbocycles. The number of aliphatic imine (C=N–C) groups is 1. The van der Waals surface area contributed by atoms with Gasteiger partial charge in [-0.1, -0.05) is 12.1 Å². The molecule has 1 aromatic rings. The topological polar surface area (TPSA) is 75.1 Å². The Morgan fingerprint density at radius 3 is 2.71 bits per heavy atom. The largest absolute Gasteiger partial charge is 0.491 e. The van der Waals surface area contributed by atoms with Crippen molar-refractivity contribution in [3.63, 3.8) is 0 Å². The summed E-state index contributed by atoms with van der Waals surface area (Å²) in [4.78, 5) is 4.78. The first-order chi connectivity index (χ1) is 13.5. The van der Waals surface area contributed by atoms with E-state index in [0.29, 0.717) is 6.54 Å². The molecule has 2 rings (SSSR count). The summed E-state index contributed by atoms with van der Waals surface area (Å²) in [5.74, 6) is 1.50. The van der Waals surface area contributed by atoms with E-state index in [4.69, 9.17) is 14.5 Å². The molecule has 0 aromatic heterocycles. The van der Waals surface area contributed by atoms with Crippen LogP contribution in [0.3, 0.4) is 0 Å². The lowest BCUT2D eigenvalue weighted by molar-refractivity contribution is 0.0794. The number of hydrogen-bond donors (Lipinski definition) is 3. The minimum absolute atomic E-state index is 0.104. The standard InChI is InChI=1S/C21H35N3O3S/c1-5-22-20(24-15-21(28-4)9-11-26-12-10-21)23-14-19(25)17-7-6-8-18(13-17)27-16(2)3/h6-8,13,16,19,25H,5,9-12,14-15H2,1-4H3,(H2,22,23,24). The lowest BCUT2D eigenvalue weighted by Crippen LogP contribution is -2.42. The molecule has 0 bridgehead atoms. The van der Waals surface area contributed by atoms with Crippen LogP contribution in [0.2, 0.25) is 0 Å². The van der Waals surface area contributed by atoms with Crippen molar-refractivity contribution in [2.45, 2.75) is 50.6 Å². The number of aliphatic hydroxyl groups excluding tert-OH is 1. The number of ether oxygens (including phenoxy) is 2. The monoisotopic (exact) mass is 409 g/mol. The van der Waals surface area contributed by atoms with E-state index >= 15 is 0 Å². The lowest BCUT2D eigenvalue weighted by Gasteiger charge is -2.34. The molecule has 1 heterocycles. The Morgan fingerprint density at radius 1 is 1.32 bits per heavy atom. The molecule has 6 nitrogen and oxygen atoms in total. The lowest BCUT2D eigenvalue weighted by atomic mass is 9.99. The van der Waals surface area contributed by atoms with Crippen molar-refractivity contribution in [2.24, 2.45) is 4.99 Å². The Balaban J connectivity index is 1.96. The van der Waals surface area contributed by atoms with Crippen molar-refractivity contribution in [1.82, 2.24) is 10.6 Å². The predicted molar refractivity (Wildman–Crippen MR) is 117 cm³/mol. The first-order valence-electron chi connectivity index (χ1n) is 10.1.